The highest BCUT2D eigenvalue weighted by Crippen LogP contribution is 2.23. The van der Waals surface area contributed by atoms with Gasteiger partial charge in [-0.05, 0) is 18.6 Å². The van der Waals surface area contributed by atoms with Gasteiger partial charge in [-0.1, -0.05) is 41.9 Å². The molecule has 100 valence electrons. The van der Waals surface area contributed by atoms with Crippen LogP contribution in [0.2, 0.25) is 0 Å². The first-order valence-corrected chi connectivity index (χ1v) is 7.16. The van der Waals surface area contributed by atoms with Gasteiger partial charge in [0.05, 0.1) is 0 Å². The first-order valence-electron chi connectivity index (χ1n) is 6.37. The summed E-state index contributed by atoms with van der Waals surface area (Å²) in [6.07, 6.45) is 3.76. The van der Waals surface area contributed by atoms with Crippen molar-refractivity contribution in [3.8, 4) is 11.4 Å². The average Bonchev–Trinajstić information content (AvgIpc) is 2.40. The molecule has 0 amide bonds. The molecular formula is C15H18BrN3. The molecule has 4 heteroatoms. The van der Waals surface area contributed by atoms with Gasteiger partial charge in [-0.2, -0.15) is 0 Å². The van der Waals surface area contributed by atoms with E-state index in [4.69, 9.17) is 0 Å². The number of rotatable bonds is 4. The van der Waals surface area contributed by atoms with Gasteiger partial charge in [0, 0.05) is 40.6 Å². The molecule has 2 rings (SSSR count). The summed E-state index contributed by atoms with van der Waals surface area (Å²) in [6.45, 7) is 7.11. The van der Waals surface area contributed by atoms with E-state index in [2.05, 4.69) is 64.1 Å². The molecule has 0 saturated carbocycles. The predicted molar refractivity (Wildman–Crippen MR) is 81.9 cm³/mol. The van der Waals surface area contributed by atoms with E-state index in [9.17, 15) is 0 Å². The zero-order chi connectivity index (χ0) is 13.8. The number of hydrogen-bond donors (Lipinski definition) is 1. The van der Waals surface area contributed by atoms with Gasteiger partial charge in [-0.3, -0.25) is 0 Å². The molecule has 0 aliphatic carbocycles. The van der Waals surface area contributed by atoms with Crippen molar-refractivity contribution in [2.75, 3.05) is 0 Å². The normalized spacial score (nSPS) is 11.0. The lowest BCUT2D eigenvalue weighted by molar-refractivity contribution is 0.587. The summed E-state index contributed by atoms with van der Waals surface area (Å²) in [7, 11) is 0. The van der Waals surface area contributed by atoms with Gasteiger partial charge >= 0.3 is 0 Å². The van der Waals surface area contributed by atoms with Crippen molar-refractivity contribution >= 4 is 15.9 Å². The lowest BCUT2D eigenvalue weighted by atomic mass is 10.1. The maximum atomic E-state index is 4.43. The molecule has 0 saturated heterocycles. The summed E-state index contributed by atoms with van der Waals surface area (Å²) in [4.78, 5) is 8.85. The summed E-state index contributed by atoms with van der Waals surface area (Å²) in [5.74, 6) is 0.758. The quantitative estimate of drug-likeness (QED) is 0.933. The Morgan fingerprint density at radius 1 is 1.21 bits per heavy atom. The van der Waals surface area contributed by atoms with E-state index in [1.54, 1.807) is 0 Å². The number of benzene rings is 1. The molecule has 0 radical (unpaired) electrons. The molecular weight excluding hydrogens is 302 g/mol. The summed E-state index contributed by atoms with van der Waals surface area (Å²) in [5, 5.41) is 3.35. The maximum Gasteiger partial charge on any atom is 0.159 e. The number of aryl methyl sites for hydroxylation is 1. The molecule has 0 fully saturated rings. The Hall–Kier alpha value is -1.26. The SMILES string of the molecule is Cc1ccc(-c2ncc(CNC(C)C)cn2)cc1Br. The largest absolute Gasteiger partial charge is 0.310 e. The smallest absolute Gasteiger partial charge is 0.159 e. The highest BCUT2D eigenvalue weighted by molar-refractivity contribution is 9.10. The average molecular weight is 320 g/mol. The molecule has 1 heterocycles. The van der Waals surface area contributed by atoms with Crippen molar-refractivity contribution in [2.24, 2.45) is 0 Å². The monoisotopic (exact) mass is 319 g/mol. The van der Waals surface area contributed by atoms with Crippen LogP contribution in [0.1, 0.15) is 25.0 Å². The molecule has 0 aliphatic rings. The topological polar surface area (TPSA) is 37.8 Å². The Labute approximate surface area is 122 Å². The molecule has 1 aromatic heterocycles. The molecule has 1 aromatic carbocycles. The zero-order valence-electron chi connectivity index (χ0n) is 11.4. The minimum Gasteiger partial charge on any atom is -0.310 e. The number of nitrogens with one attached hydrogen (secondary N) is 1. The second-order valence-electron chi connectivity index (χ2n) is 4.91. The minimum atomic E-state index is 0.465. The molecule has 0 bridgehead atoms. The summed E-state index contributed by atoms with van der Waals surface area (Å²) in [6, 6.07) is 6.63. The Kier molecular flexibility index (Phi) is 4.66. The van der Waals surface area contributed by atoms with Gasteiger partial charge in [0.15, 0.2) is 5.82 Å². The lowest BCUT2D eigenvalue weighted by Gasteiger charge is -2.08. The molecule has 19 heavy (non-hydrogen) atoms. The van der Waals surface area contributed by atoms with Crippen LogP contribution >= 0.6 is 15.9 Å². The maximum absolute atomic E-state index is 4.43. The highest BCUT2D eigenvalue weighted by Gasteiger charge is 2.04. The summed E-state index contributed by atoms with van der Waals surface area (Å²) in [5.41, 5.74) is 3.34. The van der Waals surface area contributed by atoms with Crippen molar-refractivity contribution in [2.45, 2.75) is 33.4 Å². The predicted octanol–water partition coefficient (Wildman–Crippen LogP) is 3.71. The zero-order valence-corrected chi connectivity index (χ0v) is 13.0. The van der Waals surface area contributed by atoms with Crippen LogP contribution in [-0.2, 0) is 6.54 Å². The Bertz CT molecular complexity index is 550. The van der Waals surface area contributed by atoms with Gasteiger partial charge in [-0.15, -0.1) is 0 Å². The molecule has 0 spiro atoms. The van der Waals surface area contributed by atoms with Gasteiger partial charge in [-0.25, -0.2) is 9.97 Å². The van der Waals surface area contributed by atoms with Crippen molar-refractivity contribution in [3.05, 3.63) is 46.2 Å². The van der Waals surface area contributed by atoms with Gasteiger partial charge in [0.1, 0.15) is 0 Å². The molecule has 0 unspecified atom stereocenters. The third kappa shape index (κ3) is 3.85. The first-order chi connectivity index (χ1) is 9.06. The highest BCUT2D eigenvalue weighted by atomic mass is 79.9. The Balaban J connectivity index is 2.15. The van der Waals surface area contributed by atoms with E-state index >= 15 is 0 Å². The fraction of sp³-hybridized carbons (Fsp3) is 0.333. The standard InChI is InChI=1S/C15H18BrN3/c1-10(2)17-7-12-8-18-15(19-9-12)13-5-4-11(3)14(16)6-13/h4-6,8-10,17H,7H2,1-3H3. The fourth-order valence-corrected chi connectivity index (χ4v) is 2.03. The van der Waals surface area contributed by atoms with E-state index < -0.39 is 0 Å². The van der Waals surface area contributed by atoms with Crippen LogP contribution in [0.15, 0.2) is 35.1 Å². The minimum absolute atomic E-state index is 0.465. The van der Waals surface area contributed by atoms with E-state index in [0.29, 0.717) is 6.04 Å². The molecule has 3 nitrogen and oxygen atoms in total. The van der Waals surface area contributed by atoms with Crippen molar-refractivity contribution in [1.29, 1.82) is 0 Å². The fourth-order valence-electron chi connectivity index (χ4n) is 1.65. The first kappa shape index (κ1) is 14.2. The number of hydrogen-bond acceptors (Lipinski definition) is 3. The number of aromatic nitrogens is 2. The van der Waals surface area contributed by atoms with Crippen LogP contribution in [0.4, 0.5) is 0 Å². The van der Waals surface area contributed by atoms with Crippen LogP contribution in [0.25, 0.3) is 11.4 Å². The number of halogens is 1. The lowest BCUT2D eigenvalue weighted by Crippen LogP contribution is -2.21. The summed E-state index contributed by atoms with van der Waals surface area (Å²) >= 11 is 3.53. The van der Waals surface area contributed by atoms with Gasteiger partial charge in [0.2, 0.25) is 0 Å². The third-order valence-electron chi connectivity index (χ3n) is 2.85. The van der Waals surface area contributed by atoms with E-state index in [0.717, 1.165) is 28.0 Å². The van der Waals surface area contributed by atoms with E-state index in [-0.39, 0.29) is 0 Å². The van der Waals surface area contributed by atoms with Gasteiger partial charge in [0.25, 0.3) is 0 Å². The van der Waals surface area contributed by atoms with E-state index in [1.807, 2.05) is 18.5 Å². The number of nitrogens with zero attached hydrogens (tertiary/aromatic N) is 2. The van der Waals surface area contributed by atoms with Crippen molar-refractivity contribution < 1.29 is 0 Å². The van der Waals surface area contributed by atoms with Crippen LogP contribution < -0.4 is 5.32 Å². The van der Waals surface area contributed by atoms with Gasteiger partial charge < -0.3 is 5.32 Å². The van der Waals surface area contributed by atoms with Crippen LogP contribution in [0.3, 0.4) is 0 Å². The van der Waals surface area contributed by atoms with Crippen molar-refractivity contribution in [1.82, 2.24) is 15.3 Å². The molecule has 0 aliphatic heterocycles. The molecule has 0 atom stereocenters. The Morgan fingerprint density at radius 3 is 2.47 bits per heavy atom. The molecule has 1 N–H and O–H groups in total. The third-order valence-corrected chi connectivity index (χ3v) is 3.70. The Morgan fingerprint density at radius 2 is 1.89 bits per heavy atom. The van der Waals surface area contributed by atoms with Crippen LogP contribution in [0, 0.1) is 6.92 Å². The van der Waals surface area contributed by atoms with E-state index in [1.165, 1.54) is 5.56 Å². The van der Waals surface area contributed by atoms with Crippen molar-refractivity contribution in [3.63, 3.8) is 0 Å². The second-order valence-corrected chi connectivity index (χ2v) is 5.77. The molecule has 2 aromatic rings. The summed E-state index contributed by atoms with van der Waals surface area (Å²) < 4.78 is 1.08. The second kappa shape index (κ2) is 6.26. The van der Waals surface area contributed by atoms with Crippen LogP contribution in [0.5, 0.6) is 0 Å². The van der Waals surface area contributed by atoms with Crippen LogP contribution in [-0.4, -0.2) is 16.0 Å².